The lowest BCUT2D eigenvalue weighted by Crippen LogP contribution is -2.15. The maximum absolute atomic E-state index is 4.69. The first-order valence-electron chi connectivity index (χ1n) is 3.58. The fourth-order valence-corrected chi connectivity index (χ4v) is 0.843. The number of hydrogen-bond donors (Lipinski definition) is 1. The minimum atomic E-state index is 0.822. The molecule has 0 bridgehead atoms. The Morgan fingerprint density at radius 1 is 1.64 bits per heavy atom. The Morgan fingerprint density at radius 2 is 2.55 bits per heavy atom. The zero-order chi connectivity index (χ0) is 7.94. The highest BCUT2D eigenvalue weighted by molar-refractivity contribution is 5.08. The maximum atomic E-state index is 4.69. The molecule has 0 aliphatic rings. The molecule has 1 rings (SSSR count). The van der Waals surface area contributed by atoms with E-state index in [1.54, 1.807) is 13.3 Å². The maximum Gasteiger partial charge on any atom is 0.0572 e. The number of hydrogen-bond acceptors (Lipinski definition) is 3. The van der Waals surface area contributed by atoms with Crippen molar-refractivity contribution in [2.75, 3.05) is 13.7 Å². The molecule has 0 radical (unpaired) electrons. The van der Waals surface area contributed by atoms with Gasteiger partial charge in [0.25, 0.3) is 0 Å². The highest BCUT2D eigenvalue weighted by Crippen LogP contribution is 1.94. The molecule has 0 unspecified atom stereocenters. The SMILES string of the molecule is CONCCc1cccnc1. The van der Waals surface area contributed by atoms with Crippen molar-refractivity contribution < 1.29 is 4.84 Å². The van der Waals surface area contributed by atoms with Gasteiger partial charge in [0.05, 0.1) is 7.11 Å². The average molecular weight is 152 g/mol. The molecule has 3 nitrogen and oxygen atoms in total. The van der Waals surface area contributed by atoms with Crippen molar-refractivity contribution in [1.82, 2.24) is 10.5 Å². The van der Waals surface area contributed by atoms with E-state index in [4.69, 9.17) is 4.84 Å². The van der Waals surface area contributed by atoms with Crippen molar-refractivity contribution in [3.63, 3.8) is 0 Å². The molecule has 11 heavy (non-hydrogen) atoms. The van der Waals surface area contributed by atoms with Gasteiger partial charge in [-0.05, 0) is 18.1 Å². The molecule has 60 valence electrons. The summed E-state index contributed by atoms with van der Waals surface area (Å²) in [5.74, 6) is 0. The van der Waals surface area contributed by atoms with Gasteiger partial charge >= 0.3 is 0 Å². The van der Waals surface area contributed by atoms with Gasteiger partial charge in [0, 0.05) is 18.9 Å². The second kappa shape index (κ2) is 4.82. The summed E-state index contributed by atoms with van der Waals surface area (Å²) in [5.41, 5.74) is 3.99. The molecule has 0 saturated carbocycles. The highest BCUT2D eigenvalue weighted by atomic mass is 16.6. The van der Waals surface area contributed by atoms with E-state index in [0.29, 0.717) is 0 Å². The Balaban J connectivity index is 2.28. The first-order valence-corrected chi connectivity index (χ1v) is 3.58. The number of nitrogens with one attached hydrogen (secondary N) is 1. The Labute approximate surface area is 66.4 Å². The Bertz CT molecular complexity index is 189. The van der Waals surface area contributed by atoms with Gasteiger partial charge in [-0.1, -0.05) is 6.07 Å². The molecule has 0 aromatic carbocycles. The molecule has 1 aromatic rings. The lowest BCUT2D eigenvalue weighted by Gasteiger charge is -2.00. The predicted octanol–water partition coefficient (Wildman–Crippen LogP) is 0.775. The highest BCUT2D eigenvalue weighted by Gasteiger charge is 1.89. The summed E-state index contributed by atoms with van der Waals surface area (Å²) < 4.78 is 0. The smallest absolute Gasteiger partial charge is 0.0572 e. The van der Waals surface area contributed by atoms with Crippen molar-refractivity contribution in [3.05, 3.63) is 30.1 Å². The summed E-state index contributed by atoms with van der Waals surface area (Å²) in [4.78, 5) is 8.69. The molecular weight excluding hydrogens is 140 g/mol. The van der Waals surface area contributed by atoms with Crippen LogP contribution in [-0.4, -0.2) is 18.6 Å². The van der Waals surface area contributed by atoms with Crippen LogP contribution >= 0.6 is 0 Å². The fraction of sp³-hybridized carbons (Fsp3) is 0.375. The number of aromatic nitrogens is 1. The zero-order valence-corrected chi connectivity index (χ0v) is 6.58. The molecule has 0 atom stereocenters. The third-order valence-electron chi connectivity index (χ3n) is 1.38. The summed E-state index contributed by atoms with van der Waals surface area (Å²) in [6.45, 7) is 0.822. The van der Waals surface area contributed by atoms with Gasteiger partial charge in [0.2, 0.25) is 0 Å². The van der Waals surface area contributed by atoms with E-state index in [1.165, 1.54) is 5.56 Å². The summed E-state index contributed by atoms with van der Waals surface area (Å²) in [6.07, 6.45) is 4.58. The number of pyridine rings is 1. The monoisotopic (exact) mass is 152 g/mol. The van der Waals surface area contributed by atoms with E-state index in [9.17, 15) is 0 Å². The summed E-state index contributed by atoms with van der Waals surface area (Å²) in [6, 6.07) is 3.98. The third kappa shape index (κ3) is 3.11. The number of rotatable bonds is 4. The van der Waals surface area contributed by atoms with Gasteiger partial charge in [-0.25, -0.2) is 5.48 Å². The lowest BCUT2D eigenvalue weighted by atomic mass is 10.2. The minimum absolute atomic E-state index is 0.822. The van der Waals surface area contributed by atoms with E-state index in [-0.39, 0.29) is 0 Å². The zero-order valence-electron chi connectivity index (χ0n) is 6.58. The van der Waals surface area contributed by atoms with Gasteiger partial charge in [-0.3, -0.25) is 4.98 Å². The van der Waals surface area contributed by atoms with Gasteiger partial charge in [0.15, 0.2) is 0 Å². The Kier molecular flexibility index (Phi) is 3.58. The van der Waals surface area contributed by atoms with Crippen molar-refractivity contribution in [2.45, 2.75) is 6.42 Å². The molecule has 0 aliphatic heterocycles. The van der Waals surface area contributed by atoms with Crippen LogP contribution in [0.2, 0.25) is 0 Å². The van der Waals surface area contributed by atoms with Crippen molar-refractivity contribution in [3.8, 4) is 0 Å². The van der Waals surface area contributed by atoms with Crippen LogP contribution in [0.5, 0.6) is 0 Å². The Morgan fingerprint density at radius 3 is 3.18 bits per heavy atom. The van der Waals surface area contributed by atoms with Crippen LogP contribution in [0.3, 0.4) is 0 Å². The minimum Gasteiger partial charge on any atom is -0.305 e. The van der Waals surface area contributed by atoms with Gasteiger partial charge < -0.3 is 4.84 Å². The first kappa shape index (κ1) is 8.17. The molecule has 1 heterocycles. The molecule has 0 spiro atoms. The van der Waals surface area contributed by atoms with E-state index < -0.39 is 0 Å². The third-order valence-corrected chi connectivity index (χ3v) is 1.38. The summed E-state index contributed by atoms with van der Waals surface area (Å²) >= 11 is 0. The van der Waals surface area contributed by atoms with Crippen LogP contribution in [0.15, 0.2) is 24.5 Å². The van der Waals surface area contributed by atoms with Gasteiger partial charge in [-0.15, -0.1) is 0 Å². The largest absolute Gasteiger partial charge is 0.305 e. The van der Waals surface area contributed by atoms with Crippen molar-refractivity contribution in [2.24, 2.45) is 0 Å². The topological polar surface area (TPSA) is 34.1 Å². The Hall–Kier alpha value is -0.930. The average Bonchev–Trinajstić information content (AvgIpc) is 2.07. The molecular formula is C8H12N2O. The van der Waals surface area contributed by atoms with E-state index in [2.05, 4.69) is 10.5 Å². The van der Waals surface area contributed by atoms with E-state index in [0.717, 1.165) is 13.0 Å². The van der Waals surface area contributed by atoms with Crippen LogP contribution in [0.1, 0.15) is 5.56 Å². The molecule has 1 N–H and O–H groups in total. The normalized spacial score (nSPS) is 9.91. The fourth-order valence-electron chi connectivity index (χ4n) is 0.843. The van der Waals surface area contributed by atoms with E-state index in [1.807, 2.05) is 18.3 Å². The molecule has 0 amide bonds. The van der Waals surface area contributed by atoms with Crippen LogP contribution in [0.4, 0.5) is 0 Å². The molecule has 1 aromatic heterocycles. The molecule has 3 heteroatoms. The van der Waals surface area contributed by atoms with Crippen molar-refractivity contribution >= 4 is 0 Å². The first-order chi connectivity index (χ1) is 5.43. The molecule has 0 fully saturated rings. The second-order valence-corrected chi connectivity index (χ2v) is 2.21. The molecule has 0 aliphatic carbocycles. The van der Waals surface area contributed by atoms with E-state index >= 15 is 0 Å². The van der Waals surface area contributed by atoms with Gasteiger partial charge in [0.1, 0.15) is 0 Å². The lowest BCUT2D eigenvalue weighted by molar-refractivity contribution is 0.0928. The standard InChI is InChI=1S/C8H12N2O/c1-11-10-6-4-8-3-2-5-9-7-8/h2-3,5,7,10H,4,6H2,1H3. The van der Waals surface area contributed by atoms with Crippen LogP contribution in [0.25, 0.3) is 0 Å². The predicted molar refractivity (Wildman–Crippen MR) is 43.0 cm³/mol. The quantitative estimate of drug-likeness (QED) is 0.511. The van der Waals surface area contributed by atoms with Crippen LogP contribution < -0.4 is 5.48 Å². The van der Waals surface area contributed by atoms with Crippen LogP contribution in [-0.2, 0) is 11.3 Å². The molecule has 0 saturated heterocycles. The number of nitrogens with zero attached hydrogens (tertiary/aromatic N) is 1. The second-order valence-electron chi connectivity index (χ2n) is 2.21. The number of hydroxylamine groups is 1. The van der Waals surface area contributed by atoms with Gasteiger partial charge in [-0.2, -0.15) is 0 Å². The summed E-state index contributed by atoms with van der Waals surface area (Å²) in [5, 5.41) is 0. The summed E-state index contributed by atoms with van der Waals surface area (Å²) in [7, 11) is 1.61. The van der Waals surface area contributed by atoms with Crippen LogP contribution in [0, 0.1) is 0 Å². The van der Waals surface area contributed by atoms with Crippen molar-refractivity contribution in [1.29, 1.82) is 0 Å².